The van der Waals surface area contributed by atoms with E-state index in [4.69, 9.17) is 0 Å². The molecule has 0 aliphatic rings. The standard InChI is InChI=1S/C12H9F2NO/c13-9-4-3-8(6-10(9)14)7-12(16)11-2-1-5-15-11/h1-6,15H,7H2. The molecule has 2 rings (SSSR count). The Kier molecular flexibility index (Phi) is 2.81. The zero-order valence-corrected chi connectivity index (χ0v) is 8.34. The topological polar surface area (TPSA) is 32.9 Å². The number of halogens is 2. The van der Waals surface area contributed by atoms with Crippen LogP contribution in [0, 0.1) is 11.6 Å². The van der Waals surface area contributed by atoms with Gasteiger partial charge in [-0.15, -0.1) is 0 Å². The third-order valence-corrected chi connectivity index (χ3v) is 2.25. The molecule has 0 aliphatic heterocycles. The van der Waals surface area contributed by atoms with Crippen LogP contribution in [0.4, 0.5) is 8.78 Å². The van der Waals surface area contributed by atoms with Crippen LogP contribution in [-0.4, -0.2) is 10.8 Å². The molecule has 2 nitrogen and oxygen atoms in total. The Bertz CT molecular complexity index is 506. The summed E-state index contributed by atoms with van der Waals surface area (Å²) in [5.41, 5.74) is 0.920. The van der Waals surface area contributed by atoms with Crippen LogP contribution in [0.2, 0.25) is 0 Å². The molecule has 2 aromatic rings. The summed E-state index contributed by atoms with van der Waals surface area (Å²) in [5, 5.41) is 0. The van der Waals surface area contributed by atoms with Gasteiger partial charge in [-0.05, 0) is 29.8 Å². The van der Waals surface area contributed by atoms with Gasteiger partial charge in [0.15, 0.2) is 17.4 Å². The van der Waals surface area contributed by atoms with Gasteiger partial charge in [-0.25, -0.2) is 8.78 Å². The number of aromatic amines is 1. The maximum atomic E-state index is 12.9. The van der Waals surface area contributed by atoms with E-state index in [1.54, 1.807) is 18.3 Å². The summed E-state index contributed by atoms with van der Waals surface area (Å²) in [6, 6.07) is 6.81. The highest BCUT2D eigenvalue weighted by atomic mass is 19.2. The number of hydrogen-bond donors (Lipinski definition) is 1. The van der Waals surface area contributed by atoms with Crippen molar-refractivity contribution in [1.29, 1.82) is 0 Å². The van der Waals surface area contributed by atoms with Crippen molar-refractivity contribution in [2.45, 2.75) is 6.42 Å². The molecular formula is C12H9F2NO. The fourth-order valence-corrected chi connectivity index (χ4v) is 1.43. The van der Waals surface area contributed by atoms with Crippen LogP contribution in [0.15, 0.2) is 36.5 Å². The number of carbonyl (C=O) groups is 1. The zero-order chi connectivity index (χ0) is 11.5. The molecule has 0 radical (unpaired) electrons. The minimum Gasteiger partial charge on any atom is -0.359 e. The predicted molar refractivity (Wildman–Crippen MR) is 55.2 cm³/mol. The van der Waals surface area contributed by atoms with Crippen LogP contribution in [-0.2, 0) is 6.42 Å². The molecule has 1 aromatic carbocycles. The van der Waals surface area contributed by atoms with Gasteiger partial charge in [-0.1, -0.05) is 6.07 Å². The van der Waals surface area contributed by atoms with Gasteiger partial charge in [0.2, 0.25) is 0 Å². The molecule has 0 amide bonds. The first kappa shape index (κ1) is 10.5. The lowest BCUT2D eigenvalue weighted by Crippen LogP contribution is -2.04. The van der Waals surface area contributed by atoms with Crippen molar-refractivity contribution in [2.75, 3.05) is 0 Å². The maximum absolute atomic E-state index is 12.9. The van der Waals surface area contributed by atoms with Crippen molar-refractivity contribution in [3.05, 3.63) is 59.4 Å². The number of hydrogen-bond acceptors (Lipinski definition) is 1. The second kappa shape index (κ2) is 4.26. The summed E-state index contributed by atoms with van der Waals surface area (Å²) >= 11 is 0. The summed E-state index contributed by atoms with van der Waals surface area (Å²) in [7, 11) is 0. The molecule has 82 valence electrons. The van der Waals surface area contributed by atoms with Crippen LogP contribution < -0.4 is 0 Å². The van der Waals surface area contributed by atoms with E-state index in [0.717, 1.165) is 12.1 Å². The lowest BCUT2D eigenvalue weighted by molar-refractivity contribution is 0.0988. The number of carbonyl (C=O) groups excluding carboxylic acids is 1. The van der Waals surface area contributed by atoms with Crippen molar-refractivity contribution in [3.63, 3.8) is 0 Å². The minimum absolute atomic E-state index is 0.0533. The van der Waals surface area contributed by atoms with Crippen LogP contribution in [0.5, 0.6) is 0 Å². The monoisotopic (exact) mass is 221 g/mol. The zero-order valence-electron chi connectivity index (χ0n) is 8.34. The number of H-pyrrole nitrogens is 1. The molecule has 1 N–H and O–H groups in total. The average Bonchev–Trinajstić information content (AvgIpc) is 2.77. The second-order valence-electron chi connectivity index (χ2n) is 3.43. The van der Waals surface area contributed by atoms with E-state index in [1.807, 2.05) is 0 Å². The van der Waals surface area contributed by atoms with Gasteiger partial charge in [-0.2, -0.15) is 0 Å². The normalized spacial score (nSPS) is 10.4. The number of Topliss-reactive ketones (excluding diaryl/α,β-unsaturated/α-hetero) is 1. The van der Waals surface area contributed by atoms with E-state index in [0.29, 0.717) is 11.3 Å². The first-order valence-corrected chi connectivity index (χ1v) is 4.77. The van der Waals surface area contributed by atoms with E-state index >= 15 is 0 Å². The fraction of sp³-hybridized carbons (Fsp3) is 0.0833. The van der Waals surface area contributed by atoms with Crippen molar-refractivity contribution < 1.29 is 13.6 Å². The summed E-state index contributed by atoms with van der Waals surface area (Å²) in [6.45, 7) is 0. The predicted octanol–water partition coefficient (Wildman–Crippen LogP) is 2.72. The van der Waals surface area contributed by atoms with Gasteiger partial charge in [0.1, 0.15) is 0 Å². The van der Waals surface area contributed by atoms with E-state index in [2.05, 4.69) is 4.98 Å². The van der Waals surface area contributed by atoms with Crippen molar-refractivity contribution in [2.24, 2.45) is 0 Å². The molecule has 0 fully saturated rings. The molecule has 0 saturated carbocycles. The van der Waals surface area contributed by atoms with Gasteiger partial charge < -0.3 is 4.98 Å². The highest BCUT2D eigenvalue weighted by Crippen LogP contribution is 2.11. The molecule has 0 unspecified atom stereocenters. The highest BCUT2D eigenvalue weighted by molar-refractivity contribution is 5.95. The maximum Gasteiger partial charge on any atom is 0.183 e. The third-order valence-electron chi connectivity index (χ3n) is 2.25. The fourth-order valence-electron chi connectivity index (χ4n) is 1.43. The molecule has 0 aliphatic carbocycles. The van der Waals surface area contributed by atoms with Crippen LogP contribution in [0.25, 0.3) is 0 Å². The number of rotatable bonds is 3. The van der Waals surface area contributed by atoms with E-state index in [-0.39, 0.29) is 12.2 Å². The van der Waals surface area contributed by atoms with Crippen LogP contribution in [0.1, 0.15) is 16.1 Å². The largest absolute Gasteiger partial charge is 0.359 e. The SMILES string of the molecule is O=C(Cc1ccc(F)c(F)c1)c1ccc[nH]1. The lowest BCUT2D eigenvalue weighted by Gasteiger charge is -2.00. The van der Waals surface area contributed by atoms with Crippen molar-refractivity contribution >= 4 is 5.78 Å². The molecule has 0 bridgehead atoms. The van der Waals surface area contributed by atoms with Crippen LogP contribution in [0.3, 0.4) is 0 Å². The first-order valence-electron chi connectivity index (χ1n) is 4.77. The molecule has 1 aromatic heterocycles. The Morgan fingerprint density at radius 2 is 2.00 bits per heavy atom. The van der Waals surface area contributed by atoms with E-state index < -0.39 is 11.6 Å². The average molecular weight is 221 g/mol. The summed E-state index contributed by atoms with van der Waals surface area (Å²) in [5.74, 6) is -2.00. The molecule has 0 spiro atoms. The van der Waals surface area contributed by atoms with E-state index in [1.165, 1.54) is 6.07 Å². The van der Waals surface area contributed by atoms with Crippen LogP contribution >= 0.6 is 0 Å². The van der Waals surface area contributed by atoms with E-state index in [9.17, 15) is 13.6 Å². The number of nitrogens with one attached hydrogen (secondary N) is 1. The quantitative estimate of drug-likeness (QED) is 0.794. The van der Waals surface area contributed by atoms with Gasteiger partial charge >= 0.3 is 0 Å². The van der Waals surface area contributed by atoms with Gasteiger partial charge in [0.25, 0.3) is 0 Å². The number of ketones is 1. The number of benzene rings is 1. The lowest BCUT2D eigenvalue weighted by atomic mass is 10.1. The minimum atomic E-state index is -0.934. The number of aromatic nitrogens is 1. The Morgan fingerprint density at radius 1 is 1.19 bits per heavy atom. The summed E-state index contributed by atoms with van der Waals surface area (Å²) in [6.07, 6.45) is 1.69. The molecule has 16 heavy (non-hydrogen) atoms. The first-order chi connectivity index (χ1) is 7.66. The smallest absolute Gasteiger partial charge is 0.183 e. The highest BCUT2D eigenvalue weighted by Gasteiger charge is 2.09. The van der Waals surface area contributed by atoms with Gasteiger partial charge in [0.05, 0.1) is 5.69 Å². The van der Waals surface area contributed by atoms with Crippen molar-refractivity contribution in [1.82, 2.24) is 4.98 Å². The second-order valence-corrected chi connectivity index (χ2v) is 3.43. The molecular weight excluding hydrogens is 212 g/mol. The Labute approximate surface area is 90.9 Å². The Morgan fingerprint density at radius 3 is 2.62 bits per heavy atom. The molecule has 0 saturated heterocycles. The van der Waals surface area contributed by atoms with Crippen molar-refractivity contribution in [3.8, 4) is 0 Å². The Balaban J connectivity index is 2.15. The molecule has 0 atom stereocenters. The van der Waals surface area contributed by atoms with Gasteiger partial charge in [-0.3, -0.25) is 4.79 Å². The summed E-state index contributed by atoms with van der Waals surface area (Å²) < 4.78 is 25.5. The summed E-state index contributed by atoms with van der Waals surface area (Å²) in [4.78, 5) is 14.4. The van der Waals surface area contributed by atoms with Gasteiger partial charge in [0, 0.05) is 12.6 Å². The molecule has 4 heteroatoms. The Hall–Kier alpha value is -1.97. The third kappa shape index (κ3) is 2.16. The molecule has 1 heterocycles.